The van der Waals surface area contributed by atoms with Crippen LogP contribution < -0.4 is 11.1 Å². The molecular formula is C14H22N2OS. The largest absolute Gasteiger partial charge is 0.368 e. The standard InChI is InChI=1S/C14H22N2OS/c1-10-5-6-14(13(15)17,11(2)8-10)16-9-12-4-3-7-18-12/h3-4,7,10-11,16H,5-6,8-9H2,1-2H3,(H2,15,17). The van der Waals surface area contributed by atoms with E-state index in [-0.39, 0.29) is 5.91 Å². The topological polar surface area (TPSA) is 55.1 Å². The van der Waals surface area contributed by atoms with E-state index >= 15 is 0 Å². The fourth-order valence-corrected chi connectivity index (χ4v) is 3.66. The van der Waals surface area contributed by atoms with E-state index in [1.807, 2.05) is 6.07 Å². The number of nitrogens with two attached hydrogens (primary N) is 1. The van der Waals surface area contributed by atoms with E-state index in [4.69, 9.17) is 5.73 Å². The molecule has 0 bridgehead atoms. The van der Waals surface area contributed by atoms with Crippen molar-refractivity contribution >= 4 is 17.2 Å². The zero-order valence-electron chi connectivity index (χ0n) is 11.1. The molecule has 1 aliphatic carbocycles. The van der Waals surface area contributed by atoms with Crippen molar-refractivity contribution < 1.29 is 4.79 Å². The third-order valence-electron chi connectivity index (χ3n) is 4.23. The van der Waals surface area contributed by atoms with Crippen LogP contribution >= 0.6 is 11.3 Å². The number of nitrogens with one attached hydrogen (secondary N) is 1. The van der Waals surface area contributed by atoms with Crippen molar-refractivity contribution in [1.29, 1.82) is 0 Å². The Morgan fingerprint density at radius 1 is 1.61 bits per heavy atom. The molecule has 0 aliphatic heterocycles. The van der Waals surface area contributed by atoms with Crippen LogP contribution in [0.15, 0.2) is 17.5 Å². The number of rotatable bonds is 4. The van der Waals surface area contributed by atoms with Gasteiger partial charge in [-0.05, 0) is 42.5 Å². The van der Waals surface area contributed by atoms with Crippen LogP contribution in [-0.2, 0) is 11.3 Å². The van der Waals surface area contributed by atoms with E-state index in [1.165, 1.54) is 4.88 Å². The Morgan fingerprint density at radius 2 is 2.39 bits per heavy atom. The van der Waals surface area contributed by atoms with Crippen LogP contribution in [0.3, 0.4) is 0 Å². The molecule has 3 atom stereocenters. The molecule has 1 aliphatic rings. The van der Waals surface area contributed by atoms with E-state index in [1.54, 1.807) is 11.3 Å². The average Bonchev–Trinajstić information content (AvgIpc) is 2.81. The van der Waals surface area contributed by atoms with Crippen LogP contribution in [0.25, 0.3) is 0 Å². The van der Waals surface area contributed by atoms with Crippen LogP contribution in [0.5, 0.6) is 0 Å². The summed E-state index contributed by atoms with van der Waals surface area (Å²) in [6.07, 6.45) is 3.00. The zero-order chi connectivity index (χ0) is 13.2. The maximum atomic E-state index is 11.9. The molecule has 1 amide bonds. The highest BCUT2D eigenvalue weighted by molar-refractivity contribution is 7.09. The molecule has 1 aromatic heterocycles. The molecule has 100 valence electrons. The van der Waals surface area contributed by atoms with Crippen molar-refractivity contribution in [3.8, 4) is 0 Å². The van der Waals surface area contributed by atoms with Crippen molar-refractivity contribution in [2.24, 2.45) is 17.6 Å². The highest BCUT2D eigenvalue weighted by Gasteiger charge is 2.44. The molecule has 3 N–H and O–H groups in total. The van der Waals surface area contributed by atoms with E-state index < -0.39 is 5.54 Å². The molecule has 4 heteroatoms. The first kappa shape index (κ1) is 13.6. The molecule has 1 aromatic rings. The molecular weight excluding hydrogens is 244 g/mol. The lowest BCUT2D eigenvalue weighted by molar-refractivity contribution is -0.128. The fraction of sp³-hybridized carbons (Fsp3) is 0.643. The van der Waals surface area contributed by atoms with Crippen LogP contribution in [0, 0.1) is 11.8 Å². The number of hydrogen-bond acceptors (Lipinski definition) is 3. The Labute approximate surface area is 113 Å². The van der Waals surface area contributed by atoms with E-state index in [0.29, 0.717) is 11.8 Å². The van der Waals surface area contributed by atoms with Crippen LogP contribution in [-0.4, -0.2) is 11.4 Å². The number of primary amides is 1. The molecule has 2 rings (SSSR count). The Morgan fingerprint density at radius 3 is 2.94 bits per heavy atom. The molecule has 0 radical (unpaired) electrons. The second-order valence-corrected chi connectivity index (χ2v) is 6.58. The lowest BCUT2D eigenvalue weighted by atomic mass is 9.69. The summed E-state index contributed by atoms with van der Waals surface area (Å²) in [6.45, 7) is 5.13. The predicted octanol–water partition coefficient (Wildman–Crippen LogP) is 2.52. The molecule has 0 aromatic carbocycles. The first-order chi connectivity index (χ1) is 8.54. The number of carbonyl (C=O) groups is 1. The van der Waals surface area contributed by atoms with Crippen LogP contribution in [0.1, 0.15) is 38.0 Å². The van der Waals surface area contributed by atoms with Gasteiger partial charge in [0.05, 0.1) is 0 Å². The van der Waals surface area contributed by atoms with Gasteiger partial charge in [0.25, 0.3) is 0 Å². The monoisotopic (exact) mass is 266 g/mol. The van der Waals surface area contributed by atoms with Crippen molar-refractivity contribution in [2.45, 2.75) is 45.2 Å². The molecule has 0 saturated heterocycles. The lowest BCUT2D eigenvalue weighted by Gasteiger charge is -2.43. The molecule has 3 unspecified atom stereocenters. The Kier molecular flexibility index (Phi) is 4.07. The lowest BCUT2D eigenvalue weighted by Crippen LogP contribution is -2.61. The van der Waals surface area contributed by atoms with E-state index in [9.17, 15) is 4.79 Å². The Balaban J connectivity index is 2.09. The van der Waals surface area contributed by atoms with Crippen molar-refractivity contribution in [3.05, 3.63) is 22.4 Å². The van der Waals surface area contributed by atoms with Crippen molar-refractivity contribution in [2.75, 3.05) is 0 Å². The minimum atomic E-state index is -0.517. The third kappa shape index (κ3) is 2.59. The van der Waals surface area contributed by atoms with Gasteiger partial charge in [-0.15, -0.1) is 11.3 Å². The van der Waals surface area contributed by atoms with Gasteiger partial charge in [0.1, 0.15) is 5.54 Å². The van der Waals surface area contributed by atoms with Gasteiger partial charge in [-0.3, -0.25) is 10.1 Å². The summed E-state index contributed by atoms with van der Waals surface area (Å²) in [6, 6.07) is 4.12. The highest BCUT2D eigenvalue weighted by atomic mass is 32.1. The first-order valence-corrected chi connectivity index (χ1v) is 7.50. The third-order valence-corrected chi connectivity index (χ3v) is 5.10. The van der Waals surface area contributed by atoms with E-state index in [0.717, 1.165) is 25.8 Å². The molecule has 1 fully saturated rings. The normalized spacial score (nSPS) is 32.3. The quantitative estimate of drug-likeness (QED) is 0.880. The zero-order valence-corrected chi connectivity index (χ0v) is 11.9. The second-order valence-electron chi connectivity index (χ2n) is 5.55. The summed E-state index contributed by atoms with van der Waals surface area (Å²) < 4.78 is 0. The van der Waals surface area contributed by atoms with Gasteiger partial charge in [-0.2, -0.15) is 0 Å². The molecule has 18 heavy (non-hydrogen) atoms. The van der Waals surface area contributed by atoms with Gasteiger partial charge in [0.2, 0.25) is 5.91 Å². The smallest absolute Gasteiger partial charge is 0.238 e. The number of hydrogen-bond donors (Lipinski definition) is 2. The molecule has 0 spiro atoms. The first-order valence-electron chi connectivity index (χ1n) is 6.62. The van der Waals surface area contributed by atoms with E-state index in [2.05, 4.69) is 30.6 Å². The van der Waals surface area contributed by atoms with Gasteiger partial charge in [-0.1, -0.05) is 19.9 Å². The summed E-state index contributed by atoms with van der Waals surface area (Å²) in [5.41, 5.74) is 5.16. The number of carbonyl (C=O) groups excluding carboxylic acids is 1. The van der Waals surface area contributed by atoms with Gasteiger partial charge < -0.3 is 5.73 Å². The van der Waals surface area contributed by atoms with Gasteiger partial charge in [-0.25, -0.2) is 0 Å². The Bertz CT molecular complexity index is 404. The highest BCUT2D eigenvalue weighted by Crippen LogP contribution is 2.37. The SMILES string of the molecule is CC1CCC(NCc2cccs2)(C(N)=O)C(C)C1. The molecule has 3 nitrogen and oxygen atoms in total. The van der Waals surface area contributed by atoms with Gasteiger partial charge >= 0.3 is 0 Å². The van der Waals surface area contributed by atoms with Crippen molar-refractivity contribution in [1.82, 2.24) is 5.32 Å². The Hall–Kier alpha value is -0.870. The predicted molar refractivity (Wildman–Crippen MR) is 75.3 cm³/mol. The second kappa shape index (κ2) is 5.41. The summed E-state index contributed by atoms with van der Waals surface area (Å²) in [4.78, 5) is 13.2. The summed E-state index contributed by atoms with van der Waals surface area (Å²) in [5.74, 6) is 0.799. The number of thiophene rings is 1. The number of amides is 1. The van der Waals surface area contributed by atoms with Crippen LogP contribution in [0.4, 0.5) is 0 Å². The fourth-order valence-electron chi connectivity index (χ4n) is 3.02. The van der Waals surface area contributed by atoms with Gasteiger partial charge in [0.15, 0.2) is 0 Å². The van der Waals surface area contributed by atoms with Crippen LogP contribution in [0.2, 0.25) is 0 Å². The minimum absolute atomic E-state index is 0.196. The summed E-state index contributed by atoms with van der Waals surface area (Å²) >= 11 is 1.71. The summed E-state index contributed by atoms with van der Waals surface area (Å²) in [7, 11) is 0. The maximum Gasteiger partial charge on any atom is 0.238 e. The molecule has 1 saturated carbocycles. The maximum absolute atomic E-state index is 11.9. The van der Waals surface area contributed by atoms with Gasteiger partial charge in [0, 0.05) is 11.4 Å². The minimum Gasteiger partial charge on any atom is -0.368 e. The average molecular weight is 266 g/mol. The molecule has 1 heterocycles. The summed E-state index contributed by atoms with van der Waals surface area (Å²) in [5, 5.41) is 5.50. The van der Waals surface area contributed by atoms with Crippen molar-refractivity contribution in [3.63, 3.8) is 0 Å².